The van der Waals surface area contributed by atoms with Gasteiger partial charge in [-0.2, -0.15) is 0 Å². The molecule has 0 aromatic heterocycles. The predicted octanol–water partition coefficient (Wildman–Crippen LogP) is 1.81. The number of nitrogens with one attached hydrogen (secondary N) is 1. The van der Waals surface area contributed by atoms with Gasteiger partial charge in [-0.1, -0.05) is 23.2 Å². The fraction of sp³-hybridized carbons (Fsp3) is 0.476. The summed E-state index contributed by atoms with van der Waals surface area (Å²) >= 11 is 12.0. The minimum Gasteiger partial charge on any atom is -0.463 e. The maximum absolute atomic E-state index is 13.0. The Morgan fingerprint density at radius 1 is 0.882 bits per heavy atom. The van der Waals surface area contributed by atoms with Gasteiger partial charge in [-0.25, -0.2) is 0 Å². The van der Waals surface area contributed by atoms with E-state index >= 15 is 0 Å². The lowest BCUT2D eigenvalue weighted by Crippen LogP contribution is -2.67. The van der Waals surface area contributed by atoms with Crippen LogP contribution in [0.4, 0.5) is 0 Å². The highest BCUT2D eigenvalue weighted by Gasteiger charge is 2.52. The van der Waals surface area contributed by atoms with Crippen molar-refractivity contribution >= 4 is 53.0 Å². The summed E-state index contributed by atoms with van der Waals surface area (Å²) < 4.78 is 26.5. The van der Waals surface area contributed by atoms with Crippen molar-refractivity contribution in [3.63, 3.8) is 0 Å². The lowest BCUT2D eigenvalue weighted by Gasteiger charge is -2.44. The minimum absolute atomic E-state index is 0.0142. The van der Waals surface area contributed by atoms with E-state index in [4.69, 9.17) is 46.9 Å². The number of hydrogen-bond donors (Lipinski definition) is 1. The summed E-state index contributed by atoms with van der Waals surface area (Å²) in [6, 6.07) is 2.80. The van der Waals surface area contributed by atoms with Gasteiger partial charge < -0.3 is 29.0 Å². The molecule has 1 aliphatic rings. The van der Waals surface area contributed by atoms with Gasteiger partial charge in [0.1, 0.15) is 18.8 Å². The molecule has 1 saturated heterocycles. The zero-order chi connectivity index (χ0) is 25.6. The summed E-state index contributed by atoms with van der Waals surface area (Å²) in [6.45, 7) is 4.02. The molecule has 1 amide bonds. The molecule has 2 rings (SSSR count). The first kappa shape index (κ1) is 27.4. The van der Waals surface area contributed by atoms with Crippen molar-refractivity contribution < 1.29 is 47.7 Å². The number of rotatable bonds is 7. The molecule has 13 heteroatoms. The molecule has 34 heavy (non-hydrogen) atoms. The minimum atomic E-state index is -1.51. The number of hydrogen-bond acceptors (Lipinski definition) is 10. The van der Waals surface area contributed by atoms with E-state index in [0.717, 1.165) is 27.7 Å². The van der Waals surface area contributed by atoms with E-state index in [2.05, 4.69) is 5.32 Å². The van der Waals surface area contributed by atoms with Crippen LogP contribution in [0, 0.1) is 0 Å². The molecular formula is C21H23Cl2NO10. The molecule has 0 saturated carbocycles. The molecule has 1 fully saturated rings. The Balaban J connectivity index is 2.48. The molecular weight excluding hydrogens is 497 g/mol. The molecule has 0 bridgehead atoms. The molecule has 1 heterocycles. The van der Waals surface area contributed by atoms with Crippen LogP contribution in [-0.2, 0) is 42.9 Å². The molecule has 0 unspecified atom stereocenters. The summed E-state index contributed by atoms with van der Waals surface area (Å²) in [6.07, 6.45) is -5.44. The average Bonchev–Trinajstić information content (AvgIpc) is 2.69. The van der Waals surface area contributed by atoms with Crippen LogP contribution in [0.5, 0.6) is 0 Å². The van der Waals surface area contributed by atoms with Crippen LogP contribution in [-0.4, -0.2) is 67.0 Å². The molecule has 1 N–H and O–H groups in total. The Morgan fingerprint density at radius 3 is 2.00 bits per heavy atom. The summed E-state index contributed by atoms with van der Waals surface area (Å²) in [4.78, 5) is 59.7. The smallest absolute Gasteiger partial charge is 0.305 e. The Morgan fingerprint density at radius 2 is 1.47 bits per heavy atom. The molecule has 11 nitrogen and oxygen atoms in total. The zero-order valence-electron chi connectivity index (χ0n) is 18.7. The highest BCUT2D eigenvalue weighted by atomic mass is 35.5. The second kappa shape index (κ2) is 12.0. The predicted molar refractivity (Wildman–Crippen MR) is 116 cm³/mol. The van der Waals surface area contributed by atoms with Crippen LogP contribution >= 0.6 is 23.2 Å². The van der Waals surface area contributed by atoms with Gasteiger partial charge in [0.2, 0.25) is 6.29 Å². The Kier molecular flexibility index (Phi) is 9.66. The Labute approximate surface area is 204 Å². The van der Waals surface area contributed by atoms with Gasteiger partial charge in [-0.3, -0.25) is 24.0 Å². The fourth-order valence-electron chi connectivity index (χ4n) is 3.22. The molecule has 186 valence electrons. The second-order valence-electron chi connectivity index (χ2n) is 7.23. The normalized spacial score (nSPS) is 23.9. The molecule has 5 atom stereocenters. The van der Waals surface area contributed by atoms with Crippen molar-refractivity contribution in [1.82, 2.24) is 5.32 Å². The quantitative estimate of drug-likeness (QED) is 0.418. The van der Waals surface area contributed by atoms with Crippen molar-refractivity contribution in [2.45, 2.75) is 58.3 Å². The van der Waals surface area contributed by atoms with E-state index in [1.165, 1.54) is 18.2 Å². The summed E-state index contributed by atoms with van der Waals surface area (Å²) in [5, 5.41) is 2.87. The van der Waals surface area contributed by atoms with Gasteiger partial charge in [-0.15, -0.1) is 0 Å². The number of carbonyl (C=O) groups excluding carboxylic acids is 5. The van der Waals surface area contributed by atoms with E-state index in [1.807, 2.05) is 0 Å². The standard InChI is InChI=1S/C21H23Cl2NO10/c1-9(25)30-8-16-18(31-10(2)26)19(32-11(3)27)17(21(34-16)33-12(4)28)24-20(29)14-6-5-13(22)7-15(14)23/h5-7,16-19,21H,8H2,1-4H3,(H,24,29)/t16-,17+,18+,19+,21-/m0/s1. The van der Waals surface area contributed by atoms with Crippen LogP contribution in [0.15, 0.2) is 18.2 Å². The lowest BCUT2D eigenvalue weighted by molar-refractivity contribution is -0.270. The van der Waals surface area contributed by atoms with Crippen molar-refractivity contribution in [3.05, 3.63) is 33.8 Å². The monoisotopic (exact) mass is 519 g/mol. The van der Waals surface area contributed by atoms with Gasteiger partial charge in [-0.05, 0) is 18.2 Å². The maximum atomic E-state index is 13.0. The van der Waals surface area contributed by atoms with Crippen LogP contribution in [0.1, 0.15) is 38.1 Å². The molecule has 0 radical (unpaired) electrons. The summed E-state index contributed by atoms with van der Waals surface area (Å²) in [5.74, 6) is -3.75. The second-order valence-corrected chi connectivity index (χ2v) is 8.07. The number of carbonyl (C=O) groups is 5. The van der Waals surface area contributed by atoms with E-state index < -0.39 is 67.0 Å². The number of halogens is 2. The highest BCUT2D eigenvalue weighted by molar-refractivity contribution is 6.36. The van der Waals surface area contributed by atoms with Crippen LogP contribution < -0.4 is 5.32 Å². The SMILES string of the molecule is CC(=O)OC[C@@H]1O[C@H](OC(C)=O)[C@H](NC(=O)c2ccc(Cl)cc2Cl)[C@@H](OC(C)=O)[C@@H]1OC(C)=O. The largest absolute Gasteiger partial charge is 0.463 e. The first-order valence-electron chi connectivity index (χ1n) is 9.95. The van der Waals surface area contributed by atoms with Gasteiger partial charge in [0.05, 0.1) is 10.6 Å². The van der Waals surface area contributed by atoms with Gasteiger partial charge in [0.15, 0.2) is 12.2 Å². The van der Waals surface area contributed by atoms with Crippen LogP contribution in [0.3, 0.4) is 0 Å². The third-order valence-corrected chi connectivity index (χ3v) is 5.00. The molecule has 1 aromatic rings. The van der Waals surface area contributed by atoms with Gasteiger partial charge >= 0.3 is 23.9 Å². The third-order valence-electron chi connectivity index (χ3n) is 4.46. The fourth-order valence-corrected chi connectivity index (χ4v) is 3.72. The van der Waals surface area contributed by atoms with Crippen molar-refractivity contribution in [1.29, 1.82) is 0 Å². The molecule has 1 aliphatic heterocycles. The first-order valence-corrected chi connectivity index (χ1v) is 10.7. The average molecular weight is 520 g/mol. The third kappa shape index (κ3) is 7.57. The molecule has 0 spiro atoms. The van der Waals surface area contributed by atoms with Crippen LogP contribution in [0.25, 0.3) is 0 Å². The van der Waals surface area contributed by atoms with Crippen LogP contribution in [0.2, 0.25) is 10.0 Å². The maximum Gasteiger partial charge on any atom is 0.305 e. The number of esters is 4. The van der Waals surface area contributed by atoms with E-state index in [-0.39, 0.29) is 10.6 Å². The number of amides is 1. The summed E-state index contributed by atoms with van der Waals surface area (Å²) in [5.41, 5.74) is 0.0142. The Hall–Kier alpha value is -2.89. The van der Waals surface area contributed by atoms with Gasteiger partial charge in [0.25, 0.3) is 5.91 Å². The van der Waals surface area contributed by atoms with Gasteiger partial charge in [0, 0.05) is 32.7 Å². The first-order chi connectivity index (χ1) is 15.9. The zero-order valence-corrected chi connectivity index (χ0v) is 20.2. The van der Waals surface area contributed by atoms with E-state index in [9.17, 15) is 24.0 Å². The van der Waals surface area contributed by atoms with Crippen molar-refractivity contribution in [3.8, 4) is 0 Å². The van der Waals surface area contributed by atoms with E-state index in [1.54, 1.807) is 0 Å². The number of benzene rings is 1. The summed E-state index contributed by atoms with van der Waals surface area (Å²) in [7, 11) is 0. The van der Waals surface area contributed by atoms with E-state index in [0.29, 0.717) is 5.02 Å². The topological polar surface area (TPSA) is 144 Å². The highest BCUT2D eigenvalue weighted by Crippen LogP contribution is 2.29. The molecule has 1 aromatic carbocycles. The van der Waals surface area contributed by atoms with Crippen molar-refractivity contribution in [2.75, 3.05) is 6.61 Å². The lowest BCUT2D eigenvalue weighted by atomic mass is 9.95. The Bertz CT molecular complexity index is 969. The van der Waals surface area contributed by atoms with Crippen molar-refractivity contribution in [2.24, 2.45) is 0 Å². The molecule has 0 aliphatic carbocycles. The number of ether oxygens (including phenoxy) is 5.